The van der Waals surface area contributed by atoms with Gasteiger partial charge in [-0.25, -0.2) is 4.98 Å². The van der Waals surface area contributed by atoms with Crippen LogP contribution >= 0.6 is 0 Å². The summed E-state index contributed by atoms with van der Waals surface area (Å²) in [5.41, 5.74) is 9.94. The second-order valence-corrected chi connectivity index (χ2v) is 6.55. The molecule has 136 valence electrons. The molecule has 1 aromatic carbocycles. The summed E-state index contributed by atoms with van der Waals surface area (Å²) >= 11 is 0. The fourth-order valence-corrected chi connectivity index (χ4v) is 3.22. The Hall–Kier alpha value is -1.89. The monoisotopic (exact) mass is 345 g/mol. The molecule has 6 nitrogen and oxygen atoms in total. The summed E-state index contributed by atoms with van der Waals surface area (Å²) in [6, 6.07) is 3.97. The summed E-state index contributed by atoms with van der Waals surface area (Å²) in [5.74, 6) is 2.41. The topological polar surface area (TPSA) is 73.8 Å². The molecule has 1 aliphatic heterocycles. The van der Waals surface area contributed by atoms with Crippen molar-refractivity contribution >= 4 is 0 Å². The number of benzene rings is 1. The van der Waals surface area contributed by atoms with Crippen molar-refractivity contribution in [1.82, 2.24) is 9.88 Å². The normalized spacial score (nSPS) is 18.5. The Morgan fingerprint density at radius 2 is 2.08 bits per heavy atom. The Morgan fingerprint density at radius 1 is 1.28 bits per heavy atom. The van der Waals surface area contributed by atoms with E-state index in [1.54, 1.807) is 7.11 Å². The maximum atomic E-state index is 5.97. The van der Waals surface area contributed by atoms with Gasteiger partial charge in [0.15, 0.2) is 0 Å². The van der Waals surface area contributed by atoms with Gasteiger partial charge in [0, 0.05) is 31.7 Å². The van der Waals surface area contributed by atoms with Crippen molar-refractivity contribution in [3.63, 3.8) is 0 Å². The lowest BCUT2D eigenvalue weighted by Crippen LogP contribution is -2.45. The molecule has 2 heterocycles. The van der Waals surface area contributed by atoms with Crippen LogP contribution in [-0.4, -0.2) is 49.3 Å². The Morgan fingerprint density at radius 3 is 2.80 bits per heavy atom. The largest absolute Gasteiger partial charge is 0.496 e. The molecule has 0 aliphatic carbocycles. The van der Waals surface area contributed by atoms with Gasteiger partial charge in [-0.3, -0.25) is 4.90 Å². The third-order valence-electron chi connectivity index (χ3n) is 4.94. The standard InChI is InChI=1S/C19H27N3O3/c1-12-13(2)18(23-4)6-5-16(12)19-21-17(14(3)25-19)11-22-7-8-24-15(9-20)10-22/h5-6,15H,7-11,20H2,1-4H3/t15-/m0/s1. The number of ether oxygens (including phenoxy) is 2. The van der Waals surface area contributed by atoms with Crippen molar-refractivity contribution in [2.24, 2.45) is 5.73 Å². The van der Waals surface area contributed by atoms with Gasteiger partial charge in [0.25, 0.3) is 0 Å². The highest BCUT2D eigenvalue weighted by atomic mass is 16.5. The fourth-order valence-electron chi connectivity index (χ4n) is 3.22. The van der Waals surface area contributed by atoms with Gasteiger partial charge in [-0.2, -0.15) is 0 Å². The molecule has 0 spiro atoms. The van der Waals surface area contributed by atoms with E-state index in [0.29, 0.717) is 19.0 Å². The lowest BCUT2D eigenvalue weighted by molar-refractivity contribution is -0.0264. The molecule has 3 rings (SSSR count). The highest BCUT2D eigenvalue weighted by molar-refractivity contribution is 5.63. The highest BCUT2D eigenvalue weighted by Gasteiger charge is 2.22. The molecule has 6 heteroatoms. The lowest BCUT2D eigenvalue weighted by Gasteiger charge is -2.31. The van der Waals surface area contributed by atoms with E-state index in [0.717, 1.165) is 53.5 Å². The van der Waals surface area contributed by atoms with Crippen molar-refractivity contribution in [3.8, 4) is 17.2 Å². The van der Waals surface area contributed by atoms with E-state index in [1.165, 1.54) is 0 Å². The van der Waals surface area contributed by atoms with Crippen LogP contribution in [-0.2, 0) is 11.3 Å². The number of hydrogen-bond donors (Lipinski definition) is 1. The highest BCUT2D eigenvalue weighted by Crippen LogP contribution is 2.31. The SMILES string of the molecule is COc1ccc(-c2nc(CN3CCO[C@@H](CN)C3)c(C)o2)c(C)c1C. The number of methoxy groups -OCH3 is 1. The van der Waals surface area contributed by atoms with Gasteiger partial charge in [-0.15, -0.1) is 0 Å². The maximum Gasteiger partial charge on any atom is 0.226 e. The molecule has 1 fully saturated rings. The van der Waals surface area contributed by atoms with Crippen LogP contribution in [0.25, 0.3) is 11.5 Å². The maximum absolute atomic E-state index is 5.97. The molecule has 1 atom stereocenters. The number of nitrogens with two attached hydrogens (primary N) is 1. The number of morpholine rings is 1. The van der Waals surface area contributed by atoms with Gasteiger partial charge in [-0.05, 0) is 44.0 Å². The predicted octanol–water partition coefficient (Wildman–Crippen LogP) is 2.43. The van der Waals surface area contributed by atoms with Crippen molar-refractivity contribution in [3.05, 3.63) is 34.7 Å². The second-order valence-electron chi connectivity index (χ2n) is 6.55. The summed E-state index contributed by atoms with van der Waals surface area (Å²) in [4.78, 5) is 7.08. The zero-order chi connectivity index (χ0) is 18.0. The summed E-state index contributed by atoms with van der Waals surface area (Å²) in [7, 11) is 1.69. The number of aromatic nitrogens is 1. The molecular formula is C19H27N3O3. The minimum absolute atomic E-state index is 0.104. The molecule has 0 bridgehead atoms. The first-order chi connectivity index (χ1) is 12.0. The average Bonchev–Trinajstić information content (AvgIpc) is 2.97. The van der Waals surface area contributed by atoms with Crippen LogP contribution < -0.4 is 10.5 Å². The second kappa shape index (κ2) is 7.56. The average molecular weight is 345 g/mol. The first kappa shape index (κ1) is 17.9. The Labute approximate surface area is 148 Å². The smallest absolute Gasteiger partial charge is 0.226 e. The summed E-state index contributed by atoms with van der Waals surface area (Å²) in [6.45, 7) is 9.82. The number of oxazole rings is 1. The van der Waals surface area contributed by atoms with E-state index >= 15 is 0 Å². The molecule has 1 aliphatic rings. The van der Waals surface area contributed by atoms with Gasteiger partial charge in [-0.1, -0.05) is 0 Å². The van der Waals surface area contributed by atoms with E-state index in [9.17, 15) is 0 Å². The Kier molecular flexibility index (Phi) is 5.42. The zero-order valence-electron chi connectivity index (χ0n) is 15.5. The van der Waals surface area contributed by atoms with Crippen LogP contribution in [0.3, 0.4) is 0 Å². The van der Waals surface area contributed by atoms with E-state index in [4.69, 9.17) is 24.6 Å². The van der Waals surface area contributed by atoms with Crippen molar-refractivity contribution in [2.45, 2.75) is 33.4 Å². The van der Waals surface area contributed by atoms with Crippen molar-refractivity contribution in [1.29, 1.82) is 0 Å². The van der Waals surface area contributed by atoms with Gasteiger partial charge < -0.3 is 19.6 Å². The molecule has 1 aromatic heterocycles. The van der Waals surface area contributed by atoms with Gasteiger partial charge >= 0.3 is 0 Å². The zero-order valence-corrected chi connectivity index (χ0v) is 15.5. The molecule has 2 N–H and O–H groups in total. The molecule has 1 saturated heterocycles. The Bertz CT molecular complexity index is 742. The van der Waals surface area contributed by atoms with E-state index in [2.05, 4.69) is 18.7 Å². The summed E-state index contributed by atoms with van der Waals surface area (Å²) < 4.78 is 17.0. The molecule has 0 amide bonds. The first-order valence-electron chi connectivity index (χ1n) is 8.68. The van der Waals surface area contributed by atoms with Crippen LogP contribution in [0, 0.1) is 20.8 Å². The van der Waals surface area contributed by atoms with Crippen LogP contribution in [0.2, 0.25) is 0 Å². The molecular weight excluding hydrogens is 318 g/mol. The first-order valence-corrected chi connectivity index (χ1v) is 8.68. The van der Waals surface area contributed by atoms with Crippen LogP contribution in [0.1, 0.15) is 22.6 Å². The van der Waals surface area contributed by atoms with Gasteiger partial charge in [0.2, 0.25) is 5.89 Å². The quantitative estimate of drug-likeness (QED) is 0.897. The van der Waals surface area contributed by atoms with E-state index in [1.807, 2.05) is 19.1 Å². The lowest BCUT2D eigenvalue weighted by atomic mass is 10.0. The van der Waals surface area contributed by atoms with Gasteiger partial charge in [0.05, 0.1) is 25.5 Å². The number of aryl methyl sites for hydroxylation is 1. The molecule has 0 saturated carbocycles. The molecule has 2 aromatic rings. The third kappa shape index (κ3) is 3.71. The van der Waals surface area contributed by atoms with Crippen LogP contribution in [0.4, 0.5) is 0 Å². The van der Waals surface area contributed by atoms with Crippen LogP contribution in [0.5, 0.6) is 5.75 Å². The van der Waals surface area contributed by atoms with E-state index < -0.39 is 0 Å². The number of nitrogens with zero attached hydrogens (tertiary/aromatic N) is 2. The number of hydrogen-bond acceptors (Lipinski definition) is 6. The molecule has 25 heavy (non-hydrogen) atoms. The Balaban J connectivity index is 1.82. The summed E-state index contributed by atoms with van der Waals surface area (Å²) in [5, 5.41) is 0. The minimum Gasteiger partial charge on any atom is -0.496 e. The van der Waals surface area contributed by atoms with Gasteiger partial charge in [0.1, 0.15) is 11.5 Å². The van der Waals surface area contributed by atoms with E-state index in [-0.39, 0.29) is 6.10 Å². The molecule has 0 radical (unpaired) electrons. The minimum atomic E-state index is 0.104. The molecule has 0 unspecified atom stereocenters. The third-order valence-corrected chi connectivity index (χ3v) is 4.94. The van der Waals surface area contributed by atoms with Crippen molar-refractivity contribution in [2.75, 3.05) is 33.4 Å². The predicted molar refractivity (Wildman–Crippen MR) is 96.8 cm³/mol. The fraction of sp³-hybridized carbons (Fsp3) is 0.526. The van der Waals surface area contributed by atoms with Crippen molar-refractivity contribution < 1.29 is 13.9 Å². The number of rotatable bonds is 5. The summed E-state index contributed by atoms with van der Waals surface area (Å²) in [6.07, 6.45) is 0.104. The van der Waals surface area contributed by atoms with Crippen LogP contribution in [0.15, 0.2) is 16.5 Å².